The maximum atomic E-state index is 11.7. The molecule has 2 N–H and O–H groups in total. The first-order valence-corrected chi connectivity index (χ1v) is 19.2. The monoisotopic (exact) mass is 704 g/mol. The number of hydrogen-bond donors (Lipinski definition) is 2. The maximum Gasteiger partial charge on any atom is 0.407 e. The Morgan fingerprint density at radius 2 is 1.79 bits per heavy atom. The van der Waals surface area contributed by atoms with Crippen LogP contribution in [0.5, 0.6) is 5.75 Å². The third kappa shape index (κ3) is 6.05. The lowest BCUT2D eigenvalue weighted by Crippen LogP contribution is -2.69. The van der Waals surface area contributed by atoms with Crippen molar-refractivity contribution in [1.82, 2.24) is 29.2 Å². The molecule has 11 heteroatoms. The third-order valence-corrected chi connectivity index (χ3v) is 12.6. The molecule has 5 fully saturated rings. The van der Waals surface area contributed by atoms with Crippen LogP contribution in [-0.2, 0) is 0 Å². The number of anilines is 3. The van der Waals surface area contributed by atoms with E-state index in [1.54, 1.807) is 12.0 Å². The lowest BCUT2D eigenvalue weighted by atomic mass is 9.71. The molecule has 52 heavy (non-hydrogen) atoms. The van der Waals surface area contributed by atoms with Gasteiger partial charge in [-0.15, -0.1) is 0 Å². The van der Waals surface area contributed by atoms with Crippen LogP contribution >= 0.6 is 0 Å². The van der Waals surface area contributed by atoms with E-state index in [0.29, 0.717) is 35.9 Å². The van der Waals surface area contributed by atoms with E-state index in [0.717, 1.165) is 55.4 Å². The number of para-hydroxylation sites is 1. The van der Waals surface area contributed by atoms with Gasteiger partial charge in [0.25, 0.3) is 0 Å². The minimum atomic E-state index is -0.778. The Hall–Kier alpha value is -4.35. The summed E-state index contributed by atoms with van der Waals surface area (Å²) in [5.74, 6) is 1.77. The second kappa shape index (κ2) is 12.7. The Morgan fingerprint density at radius 1 is 1.02 bits per heavy atom. The second-order valence-corrected chi connectivity index (χ2v) is 17.2. The number of amides is 1. The smallest absolute Gasteiger partial charge is 0.407 e. The molecule has 9 rings (SSSR count). The van der Waals surface area contributed by atoms with Crippen LogP contribution in [-0.4, -0.2) is 112 Å². The van der Waals surface area contributed by atoms with E-state index in [1.807, 2.05) is 12.3 Å². The van der Waals surface area contributed by atoms with E-state index in [1.165, 1.54) is 55.4 Å². The van der Waals surface area contributed by atoms with E-state index < -0.39 is 6.09 Å². The standard InChI is InChI=1S/C41H52N8O3/c1-40(2,3)37-27(21-49(37)39(50)51)20-45-22-30(23-45)46-17-14-41(15-18-46)25-47(26-41)29-11-12-34(36(19-29)52-4)44-38-42-16-13-33(43-38)32-24-48(28-9-10-28)35-8-6-5-7-31(32)35/h5-8,11-13,16,19,24,27-28,30,37H,9-10,14-15,17-18,20-23,25-26H2,1-4H3,(H,50,51)(H,42,43,44). The quantitative estimate of drug-likeness (QED) is 0.195. The summed E-state index contributed by atoms with van der Waals surface area (Å²) in [7, 11) is 1.73. The van der Waals surface area contributed by atoms with Gasteiger partial charge in [-0.25, -0.2) is 14.8 Å². The molecule has 4 aliphatic heterocycles. The van der Waals surface area contributed by atoms with Gasteiger partial charge in [-0.3, -0.25) is 9.80 Å². The number of nitrogens with one attached hydrogen (secondary N) is 1. The fourth-order valence-corrected chi connectivity index (χ4v) is 9.72. The van der Waals surface area contributed by atoms with Crippen LogP contribution in [0.1, 0.15) is 52.5 Å². The molecule has 1 aliphatic carbocycles. The summed E-state index contributed by atoms with van der Waals surface area (Å²) in [4.78, 5) is 30.6. The van der Waals surface area contributed by atoms with E-state index in [4.69, 9.17) is 9.72 Å². The highest BCUT2D eigenvalue weighted by atomic mass is 16.5. The van der Waals surface area contributed by atoms with Crippen LogP contribution in [0, 0.1) is 16.7 Å². The summed E-state index contributed by atoms with van der Waals surface area (Å²) in [5.41, 5.74) is 5.72. The van der Waals surface area contributed by atoms with Crippen molar-refractivity contribution in [1.29, 1.82) is 0 Å². The molecule has 1 amide bonds. The predicted octanol–water partition coefficient (Wildman–Crippen LogP) is 6.80. The minimum Gasteiger partial charge on any atom is -0.494 e. The van der Waals surface area contributed by atoms with Gasteiger partial charge < -0.3 is 29.5 Å². The van der Waals surface area contributed by atoms with Crippen molar-refractivity contribution in [2.75, 3.05) is 69.7 Å². The largest absolute Gasteiger partial charge is 0.494 e. The molecule has 2 aromatic carbocycles. The molecule has 2 atom stereocenters. The number of ether oxygens (including phenoxy) is 1. The maximum absolute atomic E-state index is 11.7. The van der Waals surface area contributed by atoms with Gasteiger partial charge in [-0.2, -0.15) is 0 Å². The number of hydrogen-bond acceptors (Lipinski definition) is 8. The number of likely N-dealkylation sites (tertiary alicyclic amines) is 3. The number of carbonyl (C=O) groups is 1. The van der Waals surface area contributed by atoms with Gasteiger partial charge in [0.2, 0.25) is 5.95 Å². The van der Waals surface area contributed by atoms with Crippen LogP contribution in [0.15, 0.2) is 60.9 Å². The predicted molar refractivity (Wildman–Crippen MR) is 205 cm³/mol. The number of piperidine rings is 1. The SMILES string of the molecule is COc1cc(N2CC3(CCN(C4CN(CC5CN(C(=O)O)C5C(C)(C)C)C4)CC3)C2)ccc1Nc1nccc(-c2cn(C3CC3)c3ccccc23)n1. The molecule has 4 saturated heterocycles. The van der Waals surface area contributed by atoms with Crippen molar-refractivity contribution < 1.29 is 14.6 Å². The zero-order valence-electron chi connectivity index (χ0n) is 31.0. The van der Waals surface area contributed by atoms with Crippen molar-refractivity contribution in [2.24, 2.45) is 16.7 Å². The molecule has 1 spiro atoms. The molecule has 11 nitrogen and oxygen atoms in total. The number of nitrogens with zero attached hydrogens (tertiary/aromatic N) is 7. The van der Waals surface area contributed by atoms with Gasteiger partial charge in [-0.05, 0) is 68.5 Å². The van der Waals surface area contributed by atoms with Crippen molar-refractivity contribution in [2.45, 2.75) is 64.6 Å². The number of rotatable bonds is 9. The zero-order chi connectivity index (χ0) is 35.8. The molecule has 4 aromatic rings. The molecule has 5 aliphatic rings. The average Bonchev–Trinajstić information content (AvgIpc) is 3.85. The van der Waals surface area contributed by atoms with Crippen LogP contribution in [0.3, 0.4) is 0 Å². The number of carboxylic acid groups (broad SMARTS) is 1. The first-order valence-electron chi connectivity index (χ1n) is 19.2. The Morgan fingerprint density at radius 3 is 2.50 bits per heavy atom. The third-order valence-electron chi connectivity index (χ3n) is 12.6. The van der Waals surface area contributed by atoms with E-state index in [2.05, 4.69) is 99.0 Å². The summed E-state index contributed by atoms with van der Waals surface area (Å²) in [5, 5.41) is 14.3. The Labute approximate surface area is 306 Å². The van der Waals surface area contributed by atoms with Gasteiger partial charge in [0.15, 0.2) is 0 Å². The first kappa shape index (κ1) is 33.5. The van der Waals surface area contributed by atoms with Crippen LogP contribution in [0.25, 0.3) is 22.2 Å². The fourth-order valence-electron chi connectivity index (χ4n) is 9.72. The Kier molecular flexibility index (Phi) is 8.15. The van der Waals surface area contributed by atoms with Crippen molar-refractivity contribution in [3.63, 3.8) is 0 Å². The lowest BCUT2D eigenvalue weighted by molar-refractivity contribution is -0.0722. The first-order chi connectivity index (χ1) is 25.1. The van der Waals surface area contributed by atoms with Crippen LogP contribution in [0.4, 0.5) is 22.1 Å². The zero-order valence-corrected chi connectivity index (χ0v) is 31.0. The Balaban J connectivity index is 0.782. The molecule has 0 bridgehead atoms. The molecule has 6 heterocycles. The van der Waals surface area contributed by atoms with Crippen molar-refractivity contribution >= 4 is 34.3 Å². The summed E-state index contributed by atoms with van der Waals surface area (Å²) < 4.78 is 8.28. The number of methoxy groups -OCH3 is 1. The minimum absolute atomic E-state index is 0.0332. The summed E-state index contributed by atoms with van der Waals surface area (Å²) in [6.07, 6.45) is 8.26. The van der Waals surface area contributed by atoms with E-state index in [-0.39, 0.29) is 11.5 Å². The Bertz CT molecular complexity index is 1960. The number of aromatic nitrogens is 3. The summed E-state index contributed by atoms with van der Waals surface area (Å²) in [6, 6.07) is 18.3. The number of fused-ring (bicyclic) bond motifs is 1. The second-order valence-electron chi connectivity index (χ2n) is 17.2. The van der Waals surface area contributed by atoms with Crippen LogP contribution in [0.2, 0.25) is 0 Å². The molecule has 2 aromatic heterocycles. The molecular formula is C41H52N8O3. The van der Waals surface area contributed by atoms with Gasteiger partial charge in [0, 0.05) is 109 Å². The van der Waals surface area contributed by atoms with Gasteiger partial charge in [-0.1, -0.05) is 39.0 Å². The van der Waals surface area contributed by atoms with E-state index >= 15 is 0 Å². The highest BCUT2D eigenvalue weighted by Crippen LogP contribution is 2.46. The van der Waals surface area contributed by atoms with Gasteiger partial charge >= 0.3 is 6.09 Å². The molecular weight excluding hydrogens is 653 g/mol. The number of benzene rings is 2. The normalized spacial score (nSPS) is 23.7. The van der Waals surface area contributed by atoms with E-state index in [9.17, 15) is 9.90 Å². The van der Waals surface area contributed by atoms with Crippen LogP contribution < -0.4 is 15.0 Å². The molecule has 274 valence electrons. The van der Waals surface area contributed by atoms with Crippen molar-refractivity contribution in [3.05, 3.63) is 60.9 Å². The average molecular weight is 705 g/mol. The van der Waals surface area contributed by atoms with Crippen molar-refractivity contribution in [3.8, 4) is 17.0 Å². The lowest BCUT2D eigenvalue weighted by Gasteiger charge is -2.58. The topological polar surface area (TPSA) is 102 Å². The molecule has 2 unspecified atom stereocenters. The van der Waals surface area contributed by atoms with Gasteiger partial charge in [0.05, 0.1) is 18.5 Å². The molecule has 0 radical (unpaired) electrons. The summed E-state index contributed by atoms with van der Waals surface area (Å²) in [6.45, 7) is 14.9. The molecule has 1 saturated carbocycles. The summed E-state index contributed by atoms with van der Waals surface area (Å²) >= 11 is 0. The highest BCUT2D eigenvalue weighted by Gasteiger charge is 2.51. The highest BCUT2D eigenvalue weighted by molar-refractivity contribution is 5.95. The van der Waals surface area contributed by atoms with Gasteiger partial charge in [0.1, 0.15) is 5.75 Å². The fraction of sp³-hybridized carbons (Fsp3) is 0.537.